The SMILES string of the molecule is O=C(Nc1ccccc1)C1CCCN(C(=O)C2CCN(S(=O)(=O)c3cccs3)CC2)C1. The number of thiophene rings is 1. The van der Waals surface area contributed by atoms with Crippen molar-refractivity contribution in [2.45, 2.75) is 29.9 Å². The van der Waals surface area contributed by atoms with Crippen LogP contribution in [0, 0.1) is 11.8 Å². The van der Waals surface area contributed by atoms with Crippen LogP contribution in [0.5, 0.6) is 0 Å². The van der Waals surface area contributed by atoms with Gasteiger partial charge in [-0.1, -0.05) is 24.3 Å². The third-order valence-electron chi connectivity index (χ3n) is 6.04. The van der Waals surface area contributed by atoms with E-state index >= 15 is 0 Å². The highest BCUT2D eigenvalue weighted by molar-refractivity contribution is 7.91. The number of nitrogens with one attached hydrogen (secondary N) is 1. The van der Waals surface area contributed by atoms with Crippen molar-refractivity contribution in [3.05, 3.63) is 47.8 Å². The molecule has 9 heteroatoms. The van der Waals surface area contributed by atoms with Crippen LogP contribution in [0.4, 0.5) is 5.69 Å². The van der Waals surface area contributed by atoms with Gasteiger partial charge in [-0.05, 0) is 49.3 Å². The van der Waals surface area contributed by atoms with Gasteiger partial charge in [0.2, 0.25) is 11.8 Å². The minimum atomic E-state index is -3.47. The van der Waals surface area contributed by atoms with Gasteiger partial charge in [0.05, 0.1) is 5.92 Å². The first kappa shape index (κ1) is 22.0. The molecule has 1 aromatic heterocycles. The first-order chi connectivity index (χ1) is 14.9. The van der Waals surface area contributed by atoms with Crippen molar-refractivity contribution in [3.8, 4) is 0 Å². The first-order valence-electron chi connectivity index (χ1n) is 10.6. The van der Waals surface area contributed by atoms with Gasteiger partial charge in [0.1, 0.15) is 4.21 Å². The molecular formula is C22H27N3O4S2. The summed E-state index contributed by atoms with van der Waals surface area (Å²) < 4.78 is 27.2. The summed E-state index contributed by atoms with van der Waals surface area (Å²) in [6.45, 7) is 1.78. The number of anilines is 1. The molecule has 4 rings (SSSR count). The van der Waals surface area contributed by atoms with E-state index < -0.39 is 10.0 Å². The molecule has 1 atom stereocenters. The third-order valence-corrected chi connectivity index (χ3v) is 9.31. The first-order valence-corrected chi connectivity index (χ1v) is 13.0. The molecule has 1 unspecified atom stereocenters. The maximum absolute atomic E-state index is 13.1. The Bertz CT molecular complexity index is 1000. The molecule has 1 N–H and O–H groups in total. The van der Waals surface area contributed by atoms with Crippen molar-refractivity contribution >= 4 is 38.9 Å². The molecule has 2 amide bonds. The minimum Gasteiger partial charge on any atom is -0.342 e. The number of hydrogen-bond donors (Lipinski definition) is 1. The van der Waals surface area contributed by atoms with E-state index in [-0.39, 0.29) is 23.7 Å². The molecule has 2 aliphatic heterocycles. The Kier molecular flexibility index (Phi) is 6.74. The summed E-state index contributed by atoms with van der Waals surface area (Å²) in [5.74, 6) is -0.422. The number of sulfonamides is 1. The van der Waals surface area contributed by atoms with Crippen LogP contribution in [0.2, 0.25) is 0 Å². The van der Waals surface area contributed by atoms with Crippen LogP contribution in [-0.2, 0) is 19.6 Å². The summed E-state index contributed by atoms with van der Waals surface area (Å²) in [4.78, 5) is 27.5. The Hall–Kier alpha value is -2.23. The fourth-order valence-corrected chi connectivity index (χ4v) is 6.91. The summed E-state index contributed by atoms with van der Waals surface area (Å²) in [6, 6.07) is 12.7. The second-order valence-corrected chi connectivity index (χ2v) is 11.2. The molecular weight excluding hydrogens is 434 g/mol. The average molecular weight is 462 g/mol. The molecule has 0 radical (unpaired) electrons. The Morgan fingerprint density at radius 3 is 2.35 bits per heavy atom. The molecule has 2 saturated heterocycles. The number of benzene rings is 1. The summed E-state index contributed by atoms with van der Waals surface area (Å²) in [5.41, 5.74) is 0.760. The van der Waals surface area contributed by atoms with Crippen molar-refractivity contribution in [1.82, 2.24) is 9.21 Å². The predicted octanol–water partition coefficient (Wildman–Crippen LogP) is 3.03. The van der Waals surface area contributed by atoms with E-state index in [1.807, 2.05) is 30.3 Å². The quantitative estimate of drug-likeness (QED) is 0.742. The average Bonchev–Trinajstić information content (AvgIpc) is 3.35. The highest BCUT2D eigenvalue weighted by atomic mass is 32.2. The van der Waals surface area contributed by atoms with Crippen LogP contribution in [0.3, 0.4) is 0 Å². The maximum atomic E-state index is 13.1. The number of likely N-dealkylation sites (tertiary alicyclic amines) is 1. The lowest BCUT2D eigenvalue weighted by Crippen LogP contribution is -2.48. The molecule has 7 nitrogen and oxygen atoms in total. The Labute approximate surface area is 187 Å². The van der Waals surface area contributed by atoms with E-state index in [9.17, 15) is 18.0 Å². The summed E-state index contributed by atoms with van der Waals surface area (Å²) >= 11 is 1.21. The molecule has 31 heavy (non-hydrogen) atoms. The van der Waals surface area contributed by atoms with Crippen LogP contribution in [-0.4, -0.2) is 55.6 Å². The van der Waals surface area contributed by atoms with Gasteiger partial charge in [-0.3, -0.25) is 9.59 Å². The smallest absolute Gasteiger partial charge is 0.252 e. The van der Waals surface area contributed by atoms with Crippen molar-refractivity contribution in [2.75, 3.05) is 31.5 Å². The van der Waals surface area contributed by atoms with Crippen molar-refractivity contribution in [3.63, 3.8) is 0 Å². The Balaban J connectivity index is 1.32. The molecule has 0 saturated carbocycles. The Morgan fingerprint density at radius 2 is 1.68 bits per heavy atom. The number of carbonyl (C=O) groups is 2. The van der Waals surface area contributed by atoms with Gasteiger partial charge in [-0.25, -0.2) is 8.42 Å². The van der Waals surface area contributed by atoms with Crippen LogP contribution >= 0.6 is 11.3 Å². The van der Waals surface area contributed by atoms with E-state index in [1.165, 1.54) is 15.6 Å². The number of amides is 2. The molecule has 0 bridgehead atoms. The normalized spacial score (nSPS) is 21.0. The second-order valence-electron chi connectivity index (χ2n) is 8.09. The molecule has 2 fully saturated rings. The van der Waals surface area contributed by atoms with Crippen molar-refractivity contribution in [2.24, 2.45) is 11.8 Å². The fourth-order valence-electron chi connectivity index (χ4n) is 4.30. The highest BCUT2D eigenvalue weighted by Gasteiger charge is 2.36. The molecule has 166 valence electrons. The van der Waals surface area contributed by atoms with E-state index in [2.05, 4.69) is 5.32 Å². The van der Waals surface area contributed by atoms with E-state index in [4.69, 9.17) is 0 Å². The zero-order chi connectivity index (χ0) is 21.8. The van der Waals surface area contributed by atoms with E-state index in [1.54, 1.807) is 22.4 Å². The second kappa shape index (κ2) is 9.50. The number of nitrogens with zero attached hydrogens (tertiary/aromatic N) is 2. The lowest BCUT2D eigenvalue weighted by atomic mass is 9.92. The topological polar surface area (TPSA) is 86.8 Å². The van der Waals surface area contributed by atoms with E-state index in [0.717, 1.165) is 18.5 Å². The van der Waals surface area contributed by atoms with E-state index in [0.29, 0.717) is 43.2 Å². The van der Waals surface area contributed by atoms with Gasteiger partial charge in [-0.2, -0.15) is 4.31 Å². The number of piperidine rings is 2. The standard InChI is InChI=1S/C22H27N3O4S2/c26-21(23-19-7-2-1-3-8-19)18-6-4-12-24(16-18)22(27)17-10-13-25(14-11-17)31(28,29)20-9-5-15-30-20/h1-3,5,7-9,15,17-18H,4,6,10-14,16H2,(H,23,26). The zero-order valence-electron chi connectivity index (χ0n) is 17.3. The number of rotatable bonds is 5. The van der Waals surface area contributed by atoms with Crippen molar-refractivity contribution < 1.29 is 18.0 Å². The number of hydrogen-bond acceptors (Lipinski definition) is 5. The molecule has 2 aromatic rings. The monoisotopic (exact) mass is 461 g/mol. The highest BCUT2D eigenvalue weighted by Crippen LogP contribution is 2.28. The number of para-hydroxylation sites is 1. The van der Waals surface area contributed by atoms with Gasteiger partial charge in [0.15, 0.2) is 0 Å². The predicted molar refractivity (Wildman–Crippen MR) is 120 cm³/mol. The van der Waals surface area contributed by atoms with Gasteiger partial charge < -0.3 is 10.2 Å². The molecule has 1 aromatic carbocycles. The summed E-state index contributed by atoms with van der Waals surface area (Å²) in [6.07, 6.45) is 2.59. The number of carbonyl (C=O) groups excluding carboxylic acids is 2. The van der Waals surface area contributed by atoms with Gasteiger partial charge in [0, 0.05) is 37.8 Å². The van der Waals surface area contributed by atoms with Crippen LogP contribution in [0.25, 0.3) is 0 Å². The summed E-state index contributed by atoms with van der Waals surface area (Å²) in [5, 5.41) is 4.69. The van der Waals surface area contributed by atoms with Crippen LogP contribution in [0.1, 0.15) is 25.7 Å². The minimum absolute atomic E-state index is 0.0467. The fraction of sp³-hybridized carbons (Fsp3) is 0.455. The largest absolute Gasteiger partial charge is 0.342 e. The Morgan fingerprint density at radius 1 is 0.935 bits per heavy atom. The van der Waals surface area contributed by atoms with Crippen LogP contribution < -0.4 is 5.32 Å². The molecule has 2 aliphatic rings. The van der Waals surface area contributed by atoms with Crippen molar-refractivity contribution in [1.29, 1.82) is 0 Å². The third kappa shape index (κ3) is 4.99. The zero-order valence-corrected chi connectivity index (χ0v) is 18.9. The lowest BCUT2D eigenvalue weighted by molar-refractivity contribution is -0.139. The lowest BCUT2D eigenvalue weighted by Gasteiger charge is -2.37. The molecule has 0 spiro atoms. The van der Waals surface area contributed by atoms with Crippen LogP contribution in [0.15, 0.2) is 52.1 Å². The summed E-state index contributed by atoms with van der Waals surface area (Å²) in [7, 11) is -3.47. The molecule has 0 aliphatic carbocycles. The maximum Gasteiger partial charge on any atom is 0.252 e. The van der Waals surface area contributed by atoms with Gasteiger partial charge >= 0.3 is 0 Å². The van der Waals surface area contributed by atoms with Gasteiger partial charge in [-0.15, -0.1) is 11.3 Å². The van der Waals surface area contributed by atoms with Gasteiger partial charge in [0.25, 0.3) is 10.0 Å². The molecule has 3 heterocycles.